The second-order valence-corrected chi connectivity index (χ2v) is 3.55. The van der Waals surface area contributed by atoms with Crippen LogP contribution in [-0.2, 0) is 0 Å². The number of hydrogen-bond donors (Lipinski definition) is 2. The van der Waals surface area contributed by atoms with Gasteiger partial charge in [0.25, 0.3) is 0 Å². The van der Waals surface area contributed by atoms with Crippen molar-refractivity contribution in [1.29, 1.82) is 0 Å². The first-order chi connectivity index (χ1) is 6.45. The van der Waals surface area contributed by atoms with Crippen molar-refractivity contribution in [2.75, 3.05) is 0 Å². The molecular weight excluding hydrogens is 178 g/mol. The molecule has 14 heavy (non-hydrogen) atoms. The normalized spacial score (nSPS) is 12.6. The van der Waals surface area contributed by atoms with Crippen molar-refractivity contribution in [3.63, 3.8) is 0 Å². The van der Waals surface area contributed by atoms with Gasteiger partial charge in [-0.3, -0.25) is 4.79 Å². The van der Waals surface area contributed by atoms with Gasteiger partial charge >= 0.3 is 0 Å². The number of benzene rings is 1. The zero-order valence-corrected chi connectivity index (χ0v) is 8.66. The zero-order valence-electron chi connectivity index (χ0n) is 8.66. The van der Waals surface area contributed by atoms with E-state index in [-0.39, 0.29) is 11.5 Å². The fourth-order valence-electron chi connectivity index (χ4n) is 1.34. The number of carbonyl (C=O) groups is 1. The molecule has 0 amide bonds. The van der Waals surface area contributed by atoms with E-state index in [4.69, 9.17) is 5.73 Å². The highest BCUT2D eigenvalue weighted by Gasteiger charge is 2.18. The number of rotatable bonds is 2. The number of nitrogens with two attached hydrogens (primary N) is 1. The summed E-state index contributed by atoms with van der Waals surface area (Å²) >= 11 is 0. The number of aryl methyl sites for hydroxylation is 1. The summed E-state index contributed by atoms with van der Waals surface area (Å²) in [7, 11) is 0. The number of carbonyl (C=O) groups excluding carboxylic acids is 1. The van der Waals surface area contributed by atoms with E-state index >= 15 is 0 Å². The van der Waals surface area contributed by atoms with E-state index in [0.29, 0.717) is 5.56 Å². The Labute approximate surface area is 83.6 Å². The highest BCUT2D eigenvalue weighted by Crippen LogP contribution is 2.24. The van der Waals surface area contributed by atoms with Crippen LogP contribution in [0.5, 0.6) is 5.75 Å². The van der Waals surface area contributed by atoms with E-state index in [1.54, 1.807) is 13.0 Å². The highest BCUT2D eigenvalue weighted by atomic mass is 16.3. The molecule has 0 radical (unpaired) electrons. The summed E-state index contributed by atoms with van der Waals surface area (Å²) in [4.78, 5) is 11.7. The standard InChI is InChI=1S/C11H15NO2/c1-6-4-5-9(13)10(7(6)2)11(14)8(3)12/h4-5,8,13H,12H2,1-3H3. The Balaban J connectivity index is 3.33. The van der Waals surface area contributed by atoms with Gasteiger partial charge in [0.15, 0.2) is 5.78 Å². The van der Waals surface area contributed by atoms with Crippen molar-refractivity contribution >= 4 is 5.78 Å². The maximum absolute atomic E-state index is 11.7. The zero-order chi connectivity index (χ0) is 10.9. The molecule has 0 saturated heterocycles. The molecule has 3 nitrogen and oxygen atoms in total. The number of phenols is 1. The van der Waals surface area contributed by atoms with Crippen LogP contribution >= 0.6 is 0 Å². The predicted molar refractivity (Wildman–Crippen MR) is 55.6 cm³/mol. The van der Waals surface area contributed by atoms with Gasteiger partial charge < -0.3 is 10.8 Å². The minimum Gasteiger partial charge on any atom is -0.507 e. The third-order valence-corrected chi connectivity index (χ3v) is 2.37. The Hall–Kier alpha value is -1.35. The lowest BCUT2D eigenvalue weighted by atomic mass is 9.96. The first-order valence-corrected chi connectivity index (χ1v) is 4.54. The summed E-state index contributed by atoms with van der Waals surface area (Å²) in [5.41, 5.74) is 7.62. The first-order valence-electron chi connectivity index (χ1n) is 4.54. The summed E-state index contributed by atoms with van der Waals surface area (Å²) in [6.45, 7) is 5.32. The molecule has 0 aromatic heterocycles. The number of phenolic OH excluding ortho intramolecular Hbond substituents is 1. The molecule has 0 heterocycles. The molecule has 1 atom stereocenters. The Morgan fingerprint density at radius 2 is 2.00 bits per heavy atom. The maximum Gasteiger partial charge on any atom is 0.183 e. The minimum atomic E-state index is -0.582. The van der Waals surface area contributed by atoms with Gasteiger partial charge in [0.1, 0.15) is 5.75 Å². The van der Waals surface area contributed by atoms with Crippen molar-refractivity contribution in [2.45, 2.75) is 26.8 Å². The van der Waals surface area contributed by atoms with Crippen LogP contribution in [0, 0.1) is 13.8 Å². The second-order valence-electron chi connectivity index (χ2n) is 3.55. The van der Waals surface area contributed by atoms with Crippen LogP contribution in [0.4, 0.5) is 0 Å². The van der Waals surface area contributed by atoms with Crippen molar-refractivity contribution in [1.82, 2.24) is 0 Å². The smallest absolute Gasteiger partial charge is 0.183 e. The number of aromatic hydroxyl groups is 1. The van der Waals surface area contributed by atoms with Crippen LogP contribution in [0.25, 0.3) is 0 Å². The van der Waals surface area contributed by atoms with Crippen LogP contribution in [0.15, 0.2) is 12.1 Å². The van der Waals surface area contributed by atoms with Gasteiger partial charge in [0.05, 0.1) is 11.6 Å². The van der Waals surface area contributed by atoms with E-state index in [2.05, 4.69) is 0 Å². The molecule has 0 fully saturated rings. The third kappa shape index (κ3) is 1.77. The Kier molecular flexibility index (Phi) is 2.91. The monoisotopic (exact) mass is 193 g/mol. The molecule has 0 spiro atoms. The SMILES string of the molecule is Cc1ccc(O)c(C(=O)C(C)N)c1C. The fourth-order valence-corrected chi connectivity index (χ4v) is 1.34. The highest BCUT2D eigenvalue weighted by molar-refractivity contribution is 6.03. The second kappa shape index (κ2) is 3.80. The van der Waals surface area contributed by atoms with Crippen LogP contribution in [0.1, 0.15) is 28.4 Å². The van der Waals surface area contributed by atoms with Gasteiger partial charge in [-0.05, 0) is 38.0 Å². The van der Waals surface area contributed by atoms with Gasteiger partial charge in [0, 0.05) is 0 Å². The molecule has 0 saturated carbocycles. The predicted octanol–water partition coefficient (Wildman–Crippen LogP) is 1.54. The molecule has 76 valence electrons. The quantitative estimate of drug-likeness (QED) is 0.700. The van der Waals surface area contributed by atoms with Crippen molar-refractivity contribution in [3.05, 3.63) is 28.8 Å². The molecule has 0 aliphatic rings. The Morgan fingerprint density at radius 3 is 2.50 bits per heavy atom. The van der Waals surface area contributed by atoms with Crippen molar-refractivity contribution < 1.29 is 9.90 Å². The van der Waals surface area contributed by atoms with Gasteiger partial charge in [-0.2, -0.15) is 0 Å². The lowest BCUT2D eigenvalue weighted by Gasteiger charge is -2.11. The number of hydrogen-bond acceptors (Lipinski definition) is 3. The van der Waals surface area contributed by atoms with E-state index in [1.807, 2.05) is 13.8 Å². The Bertz CT molecular complexity index is 370. The number of ketones is 1. The molecule has 0 bridgehead atoms. The molecule has 1 aromatic carbocycles. The minimum absolute atomic E-state index is 0.00963. The van der Waals surface area contributed by atoms with E-state index < -0.39 is 6.04 Å². The van der Waals surface area contributed by atoms with E-state index in [1.165, 1.54) is 6.07 Å². The summed E-state index contributed by atoms with van der Waals surface area (Å²) in [6, 6.07) is 2.72. The average Bonchev–Trinajstić information content (AvgIpc) is 2.12. The van der Waals surface area contributed by atoms with Crippen molar-refractivity contribution in [2.24, 2.45) is 5.73 Å². The molecular formula is C11H15NO2. The first kappa shape index (κ1) is 10.7. The molecule has 0 aliphatic carbocycles. The summed E-state index contributed by atoms with van der Waals surface area (Å²) in [6.07, 6.45) is 0. The lowest BCUT2D eigenvalue weighted by molar-refractivity contribution is 0.0964. The molecule has 3 heteroatoms. The Morgan fingerprint density at radius 1 is 1.43 bits per heavy atom. The van der Waals surface area contributed by atoms with Crippen LogP contribution < -0.4 is 5.73 Å². The average molecular weight is 193 g/mol. The molecule has 1 rings (SSSR count). The van der Waals surface area contributed by atoms with Gasteiger partial charge in [-0.15, -0.1) is 0 Å². The maximum atomic E-state index is 11.7. The third-order valence-electron chi connectivity index (χ3n) is 2.37. The molecule has 3 N–H and O–H groups in total. The van der Waals surface area contributed by atoms with Gasteiger partial charge in [-0.25, -0.2) is 0 Å². The van der Waals surface area contributed by atoms with Crippen LogP contribution in [-0.4, -0.2) is 16.9 Å². The van der Waals surface area contributed by atoms with Crippen LogP contribution in [0.3, 0.4) is 0 Å². The summed E-state index contributed by atoms with van der Waals surface area (Å²) in [5.74, 6) is -0.209. The van der Waals surface area contributed by atoms with Gasteiger partial charge in [0.2, 0.25) is 0 Å². The van der Waals surface area contributed by atoms with E-state index in [0.717, 1.165) is 11.1 Å². The fraction of sp³-hybridized carbons (Fsp3) is 0.364. The largest absolute Gasteiger partial charge is 0.507 e. The molecule has 0 aliphatic heterocycles. The molecule has 1 aromatic rings. The summed E-state index contributed by atoms with van der Waals surface area (Å²) in [5, 5.41) is 9.56. The number of Topliss-reactive ketones (excluding diaryl/α,β-unsaturated/α-hetero) is 1. The van der Waals surface area contributed by atoms with Crippen molar-refractivity contribution in [3.8, 4) is 5.75 Å². The lowest BCUT2D eigenvalue weighted by Crippen LogP contribution is -2.27. The van der Waals surface area contributed by atoms with E-state index in [9.17, 15) is 9.90 Å². The van der Waals surface area contributed by atoms with Crippen LogP contribution in [0.2, 0.25) is 0 Å². The van der Waals surface area contributed by atoms with Gasteiger partial charge in [-0.1, -0.05) is 6.07 Å². The molecule has 1 unspecified atom stereocenters. The summed E-state index contributed by atoms with van der Waals surface area (Å²) < 4.78 is 0. The topological polar surface area (TPSA) is 63.3 Å².